The van der Waals surface area contributed by atoms with Crippen LogP contribution in [-0.2, 0) is 0 Å². The Labute approximate surface area is 93.2 Å². The molecule has 0 bridgehead atoms. The highest BCUT2D eigenvalue weighted by molar-refractivity contribution is 5.73. The van der Waals surface area contributed by atoms with Gasteiger partial charge >= 0.3 is 6.03 Å². The highest BCUT2D eigenvalue weighted by Gasteiger charge is 2.32. The van der Waals surface area contributed by atoms with Crippen molar-refractivity contribution in [3.63, 3.8) is 0 Å². The fourth-order valence-electron chi connectivity index (χ4n) is 2.19. The minimum absolute atomic E-state index is 0.0363. The van der Waals surface area contributed by atoms with Crippen molar-refractivity contribution in [3.8, 4) is 0 Å². The van der Waals surface area contributed by atoms with Crippen molar-refractivity contribution >= 4 is 6.03 Å². The molecule has 0 spiro atoms. The summed E-state index contributed by atoms with van der Waals surface area (Å²) >= 11 is 0. The summed E-state index contributed by atoms with van der Waals surface area (Å²) < 4.78 is 0. The van der Waals surface area contributed by atoms with Crippen molar-refractivity contribution in [2.75, 3.05) is 14.1 Å². The highest BCUT2D eigenvalue weighted by Crippen LogP contribution is 2.37. The summed E-state index contributed by atoms with van der Waals surface area (Å²) in [6.07, 6.45) is 3.56. The Bertz CT molecular complexity index is 224. The topological polar surface area (TPSA) is 32.3 Å². The number of rotatable bonds is 2. The molecule has 15 heavy (non-hydrogen) atoms. The van der Waals surface area contributed by atoms with Crippen molar-refractivity contribution in [1.82, 2.24) is 10.2 Å². The molecular formula is C12H24N2O. The van der Waals surface area contributed by atoms with E-state index in [0.717, 1.165) is 18.8 Å². The molecule has 1 N–H and O–H groups in total. The third kappa shape index (κ3) is 4.10. The van der Waals surface area contributed by atoms with Crippen LogP contribution in [0.25, 0.3) is 0 Å². The molecule has 1 aliphatic carbocycles. The molecule has 1 fully saturated rings. The molecule has 1 aliphatic rings. The van der Waals surface area contributed by atoms with Gasteiger partial charge in [0.2, 0.25) is 0 Å². The zero-order valence-corrected chi connectivity index (χ0v) is 10.6. The lowest BCUT2D eigenvalue weighted by Gasteiger charge is -2.39. The van der Waals surface area contributed by atoms with Crippen LogP contribution < -0.4 is 5.32 Å². The minimum Gasteiger partial charge on any atom is -0.335 e. The molecule has 3 nitrogen and oxygen atoms in total. The zero-order valence-electron chi connectivity index (χ0n) is 10.6. The summed E-state index contributed by atoms with van der Waals surface area (Å²) in [5.41, 5.74) is 0.418. The quantitative estimate of drug-likeness (QED) is 0.749. The van der Waals surface area contributed by atoms with Crippen molar-refractivity contribution < 1.29 is 4.79 Å². The summed E-state index contributed by atoms with van der Waals surface area (Å²) in [6.45, 7) is 6.83. The van der Waals surface area contributed by atoms with Crippen LogP contribution in [-0.4, -0.2) is 31.1 Å². The Morgan fingerprint density at radius 1 is 1.33 bits per heavy atom. The van der Waals surface area contributed by atoms with Crippen LogP contribution in [0.3, 0.4) is 0 Å². The molecule has 0 heterocycles. The number of urea groups is 1. The molecule has 3 heteroatoms. The highest BCUT2D eigenvalue weighted by atomic mass is 16.2. The second-order valence-electron chi connectivity index (χ2n) is 6.14. The van der Waals surface area contributed by atoms with Gasteiger partial charge in [-0.2, -0.15) is 0 Å². The Hall–Kier alpha value is -0.730. The SMILES string of the molecule is CN(C)C(=O)NC1CC(CC(C)(C)C)C1. The van der Waals surface area contributed by atoms with Crippen LogP contribution in [0.4, 0.5) is 4.79 Å². The fourth-order valence-corrected chi connectivity index (χ4v) is 2.19. The number of carbonyl (C=O) groups excluding carboxylic acids is 1. The third-order valence-electron chi connectivity index (χ3n) is 2.87. The molecule has 0 aromatic carbocycles. The van der Waals surface area contributed by atoms with Crippen molar-refractivity contribution in [1.29, 1.82) is 0 Å². The zero-order chi connectivity index (χ0) is 11.6. The summed E-state index contributed by atoms with van der Waals surface area (Å²) in [5.74, 6) is 0.803. The lowest BCUT2D eigenvalue weighted by atomic mass is 9.71. The largest absolute Gasteiger partial charge is 0.335 e. The van der Waals surface area contributed by atoms with Crippen LogP contribution in [0.15, 0.2) is 0 Å². The molecule has 0 unspecified atom stereocenters. The van der Waals surface area contributed by atoms with Gasteiger partial charge in [-0.3, -0.25) is 0 Å². The standard InChI is InChI=1S/C12H24N2O/c1-12(2,3)8-9-6-10(7-9)13-11(15)14(4)5/h9-10H,6-8H2,1-5H3,(H,13,15). The van der Waals surface area contributed by atoms with E-state index in [-0.39, 0.29) is 6.03 Å². The van der Waals surface area contributed by atoms with Gasteiger partial charge in [0, 0.05) is 20.1 Å². The van der Waals surface area contributed by atoms with E-state index in [2.05, 4.69) is 26.1 Å². The Kier molecular flexibility index (Phi) is 3.63. The molecular weight excluding hydrogens is 188 g/mol. The molecule has 0 saturated heterocycles. The van der Waals surface area contributed by atoms with E-state index in [9.17, 15) is 4.79 Å². The molecule has 0 aromatic rings. The van der Waals surface area contributed by atoms with E-state index in [1.165, 1.54) is 6.42 Å². The van der Waals surface area contributed by atoms with E-state index in [0.29, 0.717) is 11.5 Å². The predicted molar refractivity (Wildman–Crippen MR) is 62.8 cm³/mol. The van der Waals surface area contributed by atoms with Crippen LogP contribution >= 0.6 is 0 Å². The summed E-state index contributed by atoms with van der Waals surface area (Å²) in [5, 5.41) is 3.02. The maximum absolute atomic E-state index is 11.4. The maximum Gasteiger partial charge on any atom is 0.317 e. The number of nitrogens with zero attached hydrogens (tertiary/aromatic N) is 1. The number of amides is 2. The molecule has 1 saturated carbocycles. The van der Waals surface area contributed by atoms with Crippen LogP contribution in [0, 0.1) is 11.3 Å². The van der Waals surface area contributed by atoms with Gasteiger partial charge in [-0.15, -0.1) is 0 Å². The smallest absolute Gasteiger partial charge is 0.317 e. The summed E-state index contributed by atoms with van der Waals surface area (Å²) in [7, 11) is 3.56. The van der Waals surface area contributed by atoms with E-state index in [1.807, 2.05) is 0 Å². The summed E-state index contributed by atoms with van der Waals surface area (Å²) in [4.78, 5) is 12.9. The van der Waals surface area contributed by atoms with E-state index < -0.39 is 0 Å². The van der Waals surface area contributed by atoms with E-state index in [4.69, 9.17) is 0 Å². The molecule has 0 aliphatic heterocycles. The number of hydrogen-bond acceptors (Lipinski definition) is 1. The van der Waals surface area contributed by atoms with Gasteiger partial charge in [-0.05, 0) is 30.6 Å². The number of hydrogen-bond donors (Lipinski definition) is 1. The van der Waals surface area contributed by atoms with Gasteiger partial charge in [0.1, 0.15) is 0 Å². The van der Waals surface area contributed by atoms with Crippen molar-refractivity contribution in [3.05, 3.63) is 0 Å². The number of nitrogens with one attached hydrogen (secondary N) is 1. The minimum atomic E-state index is 0.0363. The first-order valence-corrected chi connectivity index (χ1v) is 5.76. The Balaban J connectivity index is 2.18. The predicted octanol–water partition coefficient (Wildman–Crippen LogP) is 2.47. The normalized spacial score (nSPS) is 25.7. The molecule has 1 rings (SSSR count). The lowest BCUT2D eigenvalue weighted by Crippen LogP contribution is -2.48. The first-order chi connectivity index (χ1) is 6.78. The Morgan fingerprint density at radius 2 is 1.87 bits per heavy atom. The van der Waals surface area contributed by atoms with Gasteiger partial charge in [-0.1, -0.05) is 20.8 Å². The van der Waals surface area contributed by atoms with Gasteiger partial charge in [0.25, 0.3) is 0 Å². The monoisotopic (exact) mass is 212 g/mol. The van der Waals surface area contributed by atoms with E-state index in [1.54, 1.807) is 19.0 Å². The van der Waals surface area contributed by atoms with Gasteiger partial charge in [-0.25, -0.2) is 4.79 Å². The first kappa shape index (κ1) is 12.3. The Morgan fingerprint density at radius 3 is 2.27 bits per heavy atom. The third-order valence-corrected chi connectivity index (χ3v) is 2.87. The van der Waals surface area contributed by atoms with Crippen molar-refractivity contribution in [2.24, 2.45) is 11.3 Å². The van der Waals surface area contributed by atoms with Gasteiger partial charge < -0.3 is 10.2 Å². The fraction of sp³-hybridized carbons (Fsp3) is 0.917. The molecule has 88 valence electrons. The summed E-state index contributed by atoms with van der Waals surface area (Å²) in [6, 6.07) is 0.446. The molecule has 0 aromatic heterocycles. The van der Waals surface area contributed by atoms with Crippen LogP contribution in [0.2, 0.25) is 0 Å². The van der Waals surface area contributed by atoms with Crippen LogP contribution in [0.1, 0.15) is 40.0 Å². The maximum atomic E-state index is 11.4. The lowest BCUT2D eigenvalue weighted by molar-refractivity contribution is 0.151. The van der Waals surface area contributed by atoms with Crippen molar-refractivity contribution in [2.45, 2.75) is 46.1 Å². The number of carbonyl (C=O) groups is 1. The first-order valence-electron chi connectivity index (χ1n) is 5.76. The second-order valence-corrected chi connectivity index (χ2v) is 6.14. The van der Waals surface area contributed by atoms with E-state index >= 15 is 0 Å². The average Bonchev–Trinajstić information content (AvgIpc) is 1.97. The van der Waals surface area contributed by atoms with Gasteiger partial charge in [0.15, 0.2) is 0 Å². The average molecular weight is 212 g/mol. The van der Waals surface area contributed by atoms with Crippen LogP contribution in [0.5, 0.6) is 0 Å². The molecule has 2 amide bonds. The molecule has 0 atom stereocenters. The van der Waals surface area contributed by atoms with Gasteiger partial charge in [0.05, 0.1) is 0 Å². The second kappa shape index (κ2) is 4.42. The molecule has 0 radical (unpaired) electrons.